The van der Waals surface area contributed by atoms with Gasteiger partial charge in [0, 0.05) is 17.2 Å². The van der Waals surface area contributed by atoms with E-state index in [9.17, 15) is 0 Å². The van der Waals surface area contributed by atoms with E-state index < -0.39 is 0 Å². The van der Waals surface area contributed by atoms with Crippen LogP contribution in [0.2, 0.25) is 0 Å². The van der Waals surface area contributed by atoms with Gasteiger partial charge in [-0.2, -0.15) is 0 Å². The number of hydrogen-bond donors (Lipinski definition) is 2. The molecule has 0 aliphatic heterocycles. The van der Waals surface area contributed by atoms with Gasteiger partial charge in [0.1, 0.15) is 17.5 Å². The molecule has 0 radical (unpaired) electrons. The maximum Gasteiger partial charge on any atom is 0.139 e. The van der Waals surface area contributed by atoms with E-state index >= 15 is 0 Å². The van der Waals surface area contributed by atoms with Gasteiger partial charge in [-0.15, -0.1) is 11.3 Å². The monoisotopic (exact) mass is 299 g/mol. The van der Waals surface area contributed by atoms with Crippen molar-refractivity contribution >= 4 is 38.9 Å². The van der Waals surface area contributed by atoms with Crippen molar-refractivity contribution in [1.82, 2.24) is 15.0 Å². The van der Waals surface area contributed by atoms with Crippen LogP contribution < -0.4 is 11.1 Å². The molecule has 0 amide bonds. The van der Waals surface area contributed by atoms with Gasteiger partial charge < -0.3 is 11.1 Å². The highest BCUT2D eigenvalue weighted by Crippen LogP contribution is 2.27. The second kappa shape index (κ2) is 5.29. The smallest absolute Gasteiger partial charge is 0.139 e. The minimum atomic E-state index is 0.234. The van der Waals surface area contributed by atoms with E-state index in [1.54, 1.807) is 11.3 Å². The highest BCUT2D eigenvalue weighted by atomic mass is 32.1. The van der Waals surface area contributed by atoms with Gasteiger partial charge >= 0.3 is 0 Å². The first-order valence-corrected chi connectivity index (χ1v) is 7.67. The molecular weight excluding hydrogens is 282 g/mol. The Balaban J connectivity index is 1.99. The van der Waals surface area contributed by atoms with Crippen LogP contribution in [0.15, 0.2) is 23.7 Å². The standard InChI is InChI=1S/C15H17N5S/c1-8(2)14-19-13(16)9(3)15(20-14)18-10-4-5-11-12(6-10)21-7-17-11/h4-8H,1-3H3,(H3,16,18,19,20). The molecule has 3 aromatic rings. The van der Waals surface area contributed by atoms with Crippen molar-refractivity contribution in [2.45, 2.75) is 26.7 Å². The number of benzene rings is 1. The van der Waals surface area contributed by atoms with Crippen LogP contribution in [-0.2, 0) is 0 Å². The third-order valence-electron chi connectivity index (χ3n) is 3.31. The van der Waals surface area contributed by atoms with Crippen LogP contribution in [-0.4, -0.2) is 15.0 Å². The van der Waals surface area contributed by atoms with E-state index in [-0.39, 0.29) is 5.92 Å². The molecule has 0 bridgehead atoms. The first-order valence-electron chi connectivity index (χ1n) is 6.79. The number of nitrogens with one attached hydrogen (secondary N) is 1. The highest BCUT2D eigenvalue weighted by molar-refractivity contribution is 7.16. The largest absolute Gasteiger partial charge is 0.383 e. The molecule has 0 aliphatic carbocycles. The molecule has 0 atom stereocenters. The molecular formula is C15H17N5S. The Bertz CT molecular complexity index is 794. The number of hydrogen-bond acceptors (Lipinski definition) is 6. The summed E-state index contributed by atoms with van der Waals surface area (Å²) >= 11 is 1.62. The summed E-state index contributed by atoms with van der Waals surface area (Å²) in [5, 5.41) is 3.34. The van der Waals surface area contributed by atoms with E-state index in [0.717, 1.165) is 33.1 Å². The highest BCUT2D eigenvalue weighted by Gasteiger charge is 2.11. The Morgan fingerprint density at radius 3 is 2.81 bits per heavy atom. The number of fused-ring (bicyclic) bond motifs is 1. The number of thiazole rings is 1. The number of nitrogens with zero attached hydrogens (tertiary/aromatic N) is 3. The lowest BCUT2D eigenvalue weighted by Gasteiger charge is -2.13. The van der Waals surface area contributed by atoms with Crippen molar-refractivity contribution in [1.29, 1.82) is 0 Å². The summed E-state index contributed by atoms with van der Waals surface area (Å²) in [4.78, 5) is 13.2. The zero-order valence-electron chi connectivity index (χ0n) is 12.2. The van der Waals surface area contributed by atoms with Crippen molar-refractivity contribution < 1.29 is 0 Å². The zero-order chi connectivity index (χ0) is 15.0. The lowest BCUT2D eigenvalue weighted by molar-refractivity contribution is 0.776. The fraction of sp³-hybridized carbons (Fsp3) is 0.267. The predicted molar refractivity (Wildman–Crippen MR) is 88.2 cm³/mol. The molecule has 0 aliphatic rings. The third kappa shape index (κ3) is 2.67. The van der Waals surface area contributed by atoms with Crippen molar-refractivity contribution in [2.24, 2.45) is 0 Å². The maximum atomic E-state index is 5.99. The molecule has 0 spiro atoms. The molecule has 3 N–H and O–H groups in total. The lowest BCUT2D eigenvalue weighted by atomic mass is 10.2. The molecule has 0 fully saturated rings. The normalized spacial score (nSPS) is 11.2. The van der Waals surface area contributed by atoms with Crippen LogP contribution >= 0.6 is 11.3 Å². The first-order chi connectivity index (χ1) is 10.0. The Labute approximate surface area is 127 Å². The van der Waals surface area contributed by atoms with E-state index in [0.29, 0.717) is 5.82 Å². The Hall–Kier alpha value is -2.21. The minimum absolute atomic E-state index is 0.234. The predicted octanol–water partition coefficient (Wildman–Crippen LogP) is 3.84. The topological polar surface area (TPSA) is 76.7 Å². The van der Waals surface area contributed by atoms with Gasteiger partial charge in [-0.25, -0.2) is 15.0 Å². The lowest BCUT2D eigenvalue weighted by Crippen LogP contribution is -2.08. The van der Waals surface area contributed by atoms with Gasteiger partial charge in [-0.05, 0) is 25.1 Å². The second-order valence-electron chi connectivity index (χ2n) is 5.26. The van der Waals surface area contributed by atoms with E-state index in [1.165, 1.54) is 0 Å². The summed E-state index contributed by atoms with van der Waals surface area (Å²) in [6, 6.07) is 6.06. The van der Waals surface area contributed by atoms with Gasteiger partial charge in [-0.1, -0.05) is 13.8 Å². The average molecular weight is 299 g/mol. The summed E-state index contributed by atoms with van der Waals surface area (Å²) in [5.41, 5.74) is 10.7. The van der Waals surface area contributed by atoms with Crippen LogP contribution in [0.3, 0.4) is 0 Å². The fourth-order valence-corrected chi connectivity index (χ4v) is 2.72. The first kappa shape index (κ1) is 13.8. The summed E-state index contributed by atoms with van der Waals surface area (Å²) in [5.74, 6) is 2.27. The van der Waals surface area contributed by atoms with Gasteiger partial charge in [0.15, 0.2) is 0 Å². The molecule has 1 aromatic carbocycles. The van der Waals surface area contributed by atoms with Crippen molar-refractivity contribution in [3.63, 3.8) is 0 Å². The SMILES string of the molecule is Cc1c(N)nc(C(C)C)nc1Nc1ccc2ncsc2c1. The molecule has 2 heterocycles. The maximum absolute atomic E-state index is 5.99. The average Bonchev–Trinajstić information content (AvgIpc) is 2.91. The van der Waals surface area contributed by atoms with Crippen LogP contribution in [0.1, 0.15) is 31.2 Å². The fourth-order valence-electron chi connectivity index (χ4n) is 2.00. The number of anilines is 3. The van der Waals surface area contributed by atoms with E-state index in [4.69, 9.17) is 5.73 Å². The summed E-state index contributed by atoms with van der Waals surface area (Å²) < 4.78 is 1.14. The van der Waals surface area contributed by atoms with Crippen molar-refractivity contribution in [3.05, 3.63) is 35.1 Å². The quantitative estimate of drug-likeness (QED) is 0.768. The van der Waals surface area contributed by atoms with Crippen LogP contribution in [0.5, 0.6) is 0 Å². The zero-order valence-corrected chi connectivity index (χ0v) is 13.0. The molecule has 0 saturated heterocycles. The van der Waals surface area contributed by atoms with Crippen LogP contribution in [0, 0.1) is 6.92 Å². The number of rotatable bonds is 3. The van der Waals surface area contributed by atoms with Crippen molar-refractivity contribution in [2.75, 3.05) is 11.1 Å². The molecule has 6 heteroatoms. The Morgan fingerprint density at radius 2 is 2.05 bits per heavy atom. The molecule has 0 unspecified atom stereocenters. The van der Waals surface area contributed by atoms with Gasteiger partial charge in [0.2, 0.25) is 0 Å². The number of aromatic nitrogens is 3. The van der Waals surface area contributed by atoms with Crippen LogP contribution in [0.4, 0.5) is 17.3 Å². The Kier molecular flexibility index (Phi) is 3.47. The van der Waals surface area contributed by atoms with Crippen molar-refractivity contribution in [3.8, 4) is 0 Å². The Morgan fingerprint density at radius 1 is 1.24 bits per heavy atom. The third-order valence-corrected chi connectivity index (χ3v) is 4.10. The number of nitrogen functional groups attached to an aromatic ring is 1. The molecule has 21 heavy (non-hydrogen) atoms. The molecule has 0 saturated carbocycles. The minimum Gasteiger partial charge on any atom is -0.383 e. The van der Waals surface area contributed by atoms with E-state index in [1.807, 2.05) is 24.6 Å². The summed E-state index contributed by atoms with van der Waals surface area (Å²) in [7, 11) is 0. The van der Waals surface area contributed by atoms with E-state index in [2.05, 4.69) is 40.2 Å². The summed E-state index contributed by atoms with van der Waals surface area (Å²) in [6.07, 6.45) is 0. The number of nitrogens with two attached hydrogens (primary N) is 1. The molecule has 5 nitrogen and oxygen atoms in total. The van der Waals surface area contributed by atoms with Gasteiger partial charge in [0.25, 0.3) is 0 Å². The van der Waals surface area contributed by atoms with Crippen LogP contribution in [0.25, 0.3) is 10.2 Å². The summed E-state index contributed by atoms with van der Waals surface area (Å²) in [6.45, 7) is 6.03. The van der Waals surface area contributed by atoms with Gasteiger partial charge in [0.05, 0.1) is 15.7 Å². The molecule has 108 valence electrons. The second-order valence-corrected chi connectivity index (χ2v) is 6.14. The van der Waals surface area contributed by atoms with Gasteiger partial charge in [-0.3, -0.25) is 0 Å². The molecule has 2 aromatic heterocycles. The molecule has 3 rings (SSSR count).